The number of rotatable bonds is 3. The molecule has 9 nitrogen and oxygen atoms in total. The van der Waals surface area contributed by atoms with Crippen molar-refractivity contribution in [3.63, 3.8) is 0 Å². The quantitative estimate of drug-likeness (QED) is 0.500. The van der Waals surface area contributed by atoms with Gasteiger partial charge in [-0.2, -0.15) is 18.3 Å². The Kier molecular flexibility index (Phi) is 4.57. The maximum Gasteiger partial charge on any atom is 0.432 e. The number of aliphatic hydroxyl groups is 1. The maximum absolute atomic E-state index is 12.6. The predicted molar refractivity (Wildman–Crippen MR) is 83.8 cm³/mol. The van der Waals surface area contributed by atoms with Crippen molar-refractivity contribution < 1.29 is 32.7 Å². The summed E-state index contributed by atoms with van der Waals surface area (Å²) < 4.78 is 37.8. The summed E-state index contributed by atoms with van der Waals surface area (Å²) >= 11 is 0. The Morgan fingerprint density at radius 1 is 1.19 bits per heavy atom. The Labute approximate surface area is 148 Å². The van der Waals surface area contributed by atoms with Gasteiger partial charge in [-0.15, -0.1) is 0 Å². The van der Waals surface area contributed by atoms with E-state index in [2.05, 4.69) is 10.4 Å². The standard InChI is InChI=1S/C15H12F3N5O4/c16-15(17,18)9-5-8(22-23-9)6-1-3-7(4-2-6)19-11(24)10-12(25)20-14(27)21-13(10)26/h1-5,10,12,25H,(H,19,24)(H,22,23)(H2,20,21,26,27). The molecule has 0 spiro atoms. The number of aromatic amines is 1. The van der Waals surface area contributed by atoms with Crippen LogP contribution in [0, 0.1) is 5.92 Å². The van der Waals surface area contributed by atoms with Gasteiger partial charge in [0, 0.05) is 11.3 Å². The highest BCUT2D eigenvalue weighted by atomic mass is 19.4. The van der Waals surface area contributed by atoms with E-state index in [0.29, 0.717) is 5.56 Å². The fourth-order valence-corrected chi connectivity index (χ4v) is 2.41. The van der Waals surface area contributed by atoms with E-state index in [0.717, 1.165) is 6.07 Å². The van der Waals surface area contributed by atoms with E-state index in [1.807, 2.05) is 15.7 Å². The van der Waals surface area contributed by atoms with E-state index in [1.165, 1.54) is 24.3 Å². The fourth-order valence-electron chi connectivity index (χ4n) is 2.41. The van der Waals surface area contributed by atoms with Crippen molar-refractivity contribution in [2.24, 2.45) is 5.92 Å². The molecule has 27 heavy (non-hydrogen) atoms. The zero-order valence-electron chi connectivity index (χ0n) is 13.3. The zero-order chi connectivity index (χ0) is 19.8. The number of anilines is 1. The first-order valence-electron chi connectivity index (χ1n) is 7.48. The van der Waals surface area contributed by atoms with Crippen LogP contribution in [0.5, 0.6) is 0 Å². The lowest BCUT2D eigenvalue weighted by molar-refractivity contribution is -0.141. The fraction of sp³-hybridized carbons (Fsp3) is 0.200. The lowest BCUT2D eigenvalue weighted by Gasteiger charge is -2.26. The molecule has 0 aliphatic carbocycles. The smallest absolute Gasteiger partial charge is 0.372 e. The van der Waals surface area contributed by atoms with Crippen molar-refractivity contribution in [3.8, 4) is 11.3 Å². The number of alkyl halides is 3. The lowest BCUT2D eigenvalue weighted by Crippen LogP contribution is -2.61. The Morgan fingerprint density at radius 3 is 2.41 bits per heavy atom. The molecule has 0 radical (unpaired) electrons. The van der Waals surface area contributed by atoms with Gasteiger partial charge in [0.25, 0.3) is 0 Å². The van der Waals surface area contributed by atoms with Crippen LogP contribution in [0.1, 0.15) is 5.69 Å². The Bertz CT molecular complexity index is 894. The number of carbonyl (C=O) groups is 3. The molecule has 1 aliphatic heterocycles. The van der Waals surface area contributed by atoms with Crippen LogP contribution in [0.4, 0.5) is 23.7 Å². The molecule has 2 aromatic rings. The number of nitrogens with one attached hydrogen (secondary N) is 4. The molecule has 1 saturated heterocycles. The van der Waals surface area contributed by atoms with E-state index in [1.54, 1.807) is 0 Å². The molecular formula is C15H12F3N5O4. The largest absolute Gasteiger partial charge is 0.432 e. The number of carbonyl (C=O) groups excluding carboxylic acids is 3. The van der Waals surface area contributed by atoms with Crippen LogP contribution >= 0.6 is 0 Å². The van der Waals surface area contributed by atoms with Gasteiger partial charge in [0.15, 0.2) is 5.92 Å². The molecule has 2 heterocycles. The molecule has 1 aromatic carbocycles. The number of imide groups is 1. The van der Waals surface area contributed by atoms with E-state index in [4.69, 9.17) is 0 Å². The highest BCUT2D eigenvalue weighted by Gasteiger charge is 2.39. The summed E-state index contributed by atoms with van der Waals surface area (Å²) in [6.45, 7) is 0. The number of aromatic nitrogens is 2. The van der Waals surface area contributed by atoms with Crippen molar-refractivity contribution >= 4 is 23.5 Å². The van der Waals surface area contributed by atoms with E-state index < -0.39 is 41.9 Å². The number of hydrogen-bond acceptors (Lipinski definition) is 5. The Morgan fingerprint density at radius 2 is 1.85 bits per heavy atom. The van der Waals surface area contributed by atoms with Crippen LogP contribution in [0.2, 0.25) is 0 Å². The summed E-state index contributed by atoms with van der Waals surface area (Å²) in [5.41, 5.74) is -0.339. The normalized spacial score (nSPS) is 20.0. The molecule has 1 aromatic heterocycles. The van der Waals surface area contributed by atoms with Crippen LogP contribution in [0.15, 0.2) is 30.3 Å². The van der Waals surface area contributed by atoms with Crippen molar-refractivity contribution in [2.75, 3.05) is 5.32 Å². The van der Waals surface area contributed by atoms with Crippen molar-refractivity contribution in [1.82, 2.24) is 20.8 Å². The Balaban J connectivity index is 1.70. The number of benzene rings is 1. The topological polar surface area (TPSA) is 136 Å². The van der Waals surface area contributed by atoms with Crippen LogP contribution < -0.4 is 16.0 Å². The van der Waals surface area contributed by atoms with Crippen LogP contribution in [0.25, 0.3) is 11.3 Å². The number of halogens is 3. The first kappa shape index (κ1) is 18.4. The van der Waals surface area contributed by atoms with Gasteiger partial charge in [-0.3, -0.25) is 20.0 Å². The van der Waals surface area contributed by atoms with Crippen LogP contribution in [-0.2, 0) is 15.8 Å². The summed E-state index contributed by atoms with van der Waals surface area (Å²) in [6.07, 6.45) is -6.23. The number of H-pyrrole nitrogens is 1. The van der Waals surface area contributed by atoms with Gasteiger partial charge in [-0.25, -0.2) is 4.79 Å². The van der Waals surface area contributed by atoms with Gasteiger partial charge < -0.3 is 15.7 Å². The average Bonchev–Trinajstić information content (AvgIpc) is 3.04. The molecular weight excluding hydrogens is 371 g/mol. The summed E-state index contributed by atoms with van der Waals surface area (Å²) in [6, 6.07) is 5.55. The van der Waals surface area contributed by atoms with Gasteiger partial charge in [-0.1, -0.05) is 12.1 Å². The molecule has 12 heteroatoms. The van der Waals surface area contributed by atoms with Gasteiger partial charge >= 0.3 is 12.2 Å². The number of hydrogen-bond donors (Lipinski definition) is 5. The van der Waals surface area contributed by atoms with Crippen molar-refractivity contribution in [3.05, 3.63) is 36.0 Å². The summed E-state index contributed by atoms with van der Waals surface area (Å²) in [5.74, 6) is -3.38. The predicted octanol–water partition coefficient (Wildman–Crippen LogP) is 0.808. The average molecular weight is 383 g/mol. The van der Waals surface area contributed by atoms with Crippen molar-refractivity contribution in [1.29, 1.82) is 0 Å². The molecule has 142 valence electrons. The number of aliphatic hydroxyl groups excluding tert-OH is 1. The second-order valence-electron chi connectivity index (χ2n) is 5.62. The molecule has 1 fully saturated rings. The molecule has 4 amide bonds. The van der Waals surface area contributed by atoms with Gasteiger partial charge in [0.2, 0.25) is 11.8 Å². The van der Waals surface area contributed by atoms with Crippen LogP contribution in [0.3, 0.4) is 0 Å². The third-order valence-corrected chi connectivity index (χ3v) is 3.73. The molecule has 2 unspecified atom stereocenters. The summed E-state index contributed by atoms with van der Waals surface area (Å²) in [5, 5.41) is 21.4. The Hall–Kier alpha value is -3.41. The first-order chi connectivity index (χ1) is 12.6. The second kappa shape index (κ2) is 6.72. The minimum atomic E-state index is -4.55. The SMILES string of the molecule is O=C1NC(=O)C(C(=O)Nc2ccc(-c3cc(C(F)(F)F)[nH]n3)cc2)C(O)N1. The van der Waals surface area contributed by atoms with E-state index in [9.17, 15) is 32.7 Å². The zero-order valence-corrected chi connectivity index (χ0v) is 13.3. The van der Waals surface area contributed by atoms with Gasteiger partial charge in [-0.05, 0) is 18.2 Å². The maximum atomic E-state index is 12.6. The minimum absolute atomic E-state index is 0.0602. The van der Waals surface area contributed by atoms with Crippen molar-refractivity contribution in [2.45, 2.75) is 12.4 Å². The molecule has 3 rings (SSSR count). The first-order valence-corrected chi connectivity index (χ1v) is 7.48. The monoisotopic (exact) mass is 383 g/mol. The van der Waals surface area contributed by atoms with E-state index >= 15 is 0 Å². The minimum Gasteiger partial charge on any atom is -0.372 e. The third-order valence-electron chi connectivity index (χ3n) is 3.73. The van der Waals surface area contributed by atoms with Crippen LogP contribution in [-0.4, -0.2) is 39.4 Å². The number of nitrogens with zero attached hydrogens (tertiary/aromatic N) is 1. The van der Waals surface area contributed by atoms with Gasteiger partial charge in [0.05, 0.1) is 5.69 Å². The summed E-state index contributed by atoms with van der Waals surface area (Å²) in [7, 11) is 0. The highest BCUT2D eigenvalue weighted by Crippen LogP contribution is 2.30. The molecule has 5 N–H and O–H groups in total. The van der Waals surface area contributed by atoms with E-state index in [-0.39, 0.29) is 11.4 Å². The lowest BCUT2D eigenvalue weighted by atomic mass is 10.0. The molecule has 0 bridgehead atoms. The highest BCUT2D eigenvalue weighted by molar-refractivity contribution is 6.12. The number of urea groups is 1. The summed E-state index contributed by atoms with van der Waals surface area (Å²) in [4.78, 5) is 34.8. The number of amides is 4. The third kappa shape index (κ3) is 3.89. The molecule has 2 atom stereocenters. The van der Waals surface area contributed by atoms with Gasteiger partial charge in [0.1, 0.15) is 11.9 Å². The second-order valence-corrected chi connectivity index (χ2v) is 5.62. The molecule has 1 aliphatic rings. The molecule has 0 saturated carbocycles.